The van der Waals surface area contributed by atoms with E-state index in [9.17, 15) is 4.39 Å². The van der Waals surface area contributed by atoms with Gasteiger partial charge in [0.05, 0.1) is 7.11 Å². The van der Waals surface area contributed by atoms with Crippen LogP contribution in [0, 0.1) is 5.82 Å². The fourth-order valence-electron chi connectivity index (χ4n) is 1.23. The predicted molar refractivity (Wildman–Crippen MR) is 56.3 cm³/mol. The van der Waals surface area contributed by atoms with Gasteiger partial charge in [0, 0.05) is 4.88 Å². The highest BCUT2D eigenvalue weighted by Gasteiger charge is 2.03. The van der Waals surface area contributed by atoms with E-state index in [4.69, 9.17) is 4.74 Å². The van der Waals surface area contributed by atoms with E-state index in [2.05, 4.69) is 0 Å². The fraction of sp³-hybridized carbons (Fsp3) is 0.0909. The Morgan fingerprint density at radius 2 is 2.07 bits per heavy atom. The Hall–Kier alpha value is -1.35. The molecule has 0 fully saturated rings. The molecule has 0 aliphatic rings. The van der Waals surface area contributed by atoms with Gasteiger partial charge in [0.2, 0.25) is 0 Å². The van der Waals surface area contributed by atoms with Crippen LogP contribution in [0.2, 0.25) is 0 Å². The van der Waals surface area contributed by atoms with Gasteiger partial charge >= 0.3 is 0 Å². The molecule has 1 nitrogen and oxygen atoms in total. The molecule has 0 saturated carbocycles. The third kappa shape index (κ3) is 1.77. The van der Waals surface area contributed by atoms with Crippen LogP contribution >= 0.6 is 11.3 Å². The highest BCUT2D eigenvalue weighted by Crippen LogP contribution is 2.32. The van der Waals surface area contributed by atoms with E-state index in [0.29, 0.717) is 0 Å². The van der Waals surface area contributed by atoms with Crippen molar-refractivity contribution < 1.29 is 9.13 Å². The quantitative estimate of drug-likeness (QED) is 0.733. The molecule has 1 heterocycles. The SMILES string of the molecule is COc1ccc(-c2cccc(F)c2)s1. The van der Waals surface area contributed by atoms with Crippen molar-refractivity contribution >= 4 is 11.3 Å². The van der Waals surface area contributed by atoms with Gasteiger partial charge in [-0.3, -0.25) is 0 Å². The fourth-order valence-corrected chi connectivity index (χ4v) is 2.04. The van der Waals surface area contributed by atoms with Gasteiger partial charge in [-0.1, -0.05) is 23.5 Å². The highest BCUT2D eigenvalue weighted by atomic mass is 32.1. The molecular weight excluding hydrogens is 199 g/mol. The van der Waals surface area contributed by atoms with E-state index >= 15 is 0 Å². The molecule has 0 unspecified atom stereocenters. The summed E-state index contributed by atoms with van der Waals surface area (Å²) in [5.74, 6) is -0.213. The zero-order valence-electron chi connectivity index (χ0n) is 7.66. The van der Waals surface area contributed by atoms with Crippen LogP contribution in [0.3, 0.4) is 0 Å². The van der Waals surface area contributed by atoms with Gasteiger partial charge in [-0.15, -0.1) is 0 Å². The number of hydrogen-bond donors (Lipinski definition) is 0. The minimum Gasteiger partial charge on any atom is -0.487 e. The van der Waals surface area contributed by atoms with Crippen LogP contribution in [-0.2, 0) is 0 Å². The van der Waals surface area contributed by atoms with Crippen molar-refractivity contribution in [2.75, 3.05) is 7.11 Å². The van der Waals surface area contributed by atoms with Gasteiger partial charge in [-0.05, 0) is 29.8 Å². The normalized spacial score (nSPS) is 10.1. The van der Waals surface area contributed by atoms with E-state index in [1.165, 1.54) is 23.5 Å². The second kappa shape index (κ2) is 3.80. The Balaban J connectivity index is 2.39. The van der Waals surface area contributed by atoms with E-state index in [1.54, 1.807) is 13.2 Å². The van der Waals surface area contributed by atoms with Crippen LogP contribution in [0.5, 0.6) is 5.06 Å². The van der Waals surface area contributed by atoms with Crippen LogP contribution < -0.4 is 4.74 Å². The van der Waals surface area contributed by atoms with Gasteiger partial charge in [0.15, 0.2) is 5.06 Å². The Bertz CT molecular complexity index is 436. The molecule has 0 radical (unpaired) electrons. The van der Waals surface area contributed by atoms with Gasteiger partial charge in [0.1, 0.15) is 5.82 Å². The Labute approximate surface area is 85.8 Å². The summed E-state index contributed by atoms with van der Waals surface area (Å²) in [6.07, 6.45) is 0. The summed E-state index contributed by atoms with van der Waals surface area (Å²) in [5.41, 5.74) is 0.887. The van der Waals surface area contributed by atoms with Crippen molar-refractivity contribution in [1.29, 1.82) is 0 Å². The smallest absolute Gasteiger partial charge is 0.173 e. The molecular formula is C11H9FOS. The molecule has 2 aromatic rings. The summed E-state index contributed by atoms with van der Waals surface area (Å²) in [4.78, 5) is 1.02. The van der Waals surface area contributed by atoms with Crippen molar-refractivity contribution in [3.05, 3.63) is 42.2 Å². The highest BCUT2D eigenvalue weighted by molar-refractivity contribution is 7.17. The first-order chi connectivity index (χ1) is 6.79. The summed E-state index contributed by atoms with van der Waals surface area (Å²) in [6.45, 7) is 0. The second-order valence-electron chi connectivity index (χ2n) is 2.83. The molecule has 0 atom stereocenters. The topological polar surface area (TPSA) is 9.23 Å². The third-order valence-corrected chi connectivity index (χ3v) is 2.99. The van der Waals surface area contributed by atoms with Gasteiger partial charge in [0.25, 0.3) is 0 Å². The van der Waals surface area contributed by atoms with Crippen molar-refractivity contribution in [3.63, 3.8) is 0 Å². The molecule has 0 spiro atoms. The van der Waals surface area contributed by atoms with Crippen molar-refractivity contribution in [2.24, 2.45) is 0 Å². The number of halogens is 1. The number of methoxy groups -OCH3 is 1. The lowest BCUT2D eigenvalue weighted by molar-refractivity contribution is 0.427. The maximum atomic E-state index is 12.9. The molecule has 1 aromatic heterocycles. The van der Waals surface area contributed by atoms with E-state index in [-0.39, 0.29) is 5.82 Å². The van der Waals surface area contributed by atoms with Gasteiger partial charge in [-0.2, -0.15) is 0 Å². The van der Waals surface area contributed by atoms with Crippen molar-refractivity contribution in [1.82, 2.24) is 0 Å². The Morgan fingerprint density at radius 1 is 1.21 bits per heavy atom. The summed E-state index contributed by atoms with van der Waals surface area (Å²) in [7, 11) is 1.63. The zero-order valence-corrected chi connectivity index (χ0v) is 8.48. The average molecular weight is 208 g/mol. The molecule has 2 rings (SSSR count). The molecule has 0 bridgehead atoms. The summed E-state index contributed by atoms with van der Waals surface area (Å²) < 4.78 is 18.0. The molecule has 0 aliphatic heterocycles. The first kappa shape index (κ1) is 9.21. The zero-order chi connectivity index (χ0) is 9.97. The molecule has 0 N–H and O–H groups in total. The lowest BCUT2D eigenvalue weighted by Gasteiger charge is -1.96. The van der Waals surface area contributed by atoms with Crippen LogP contribution in [0.15, 0.2) is 36.4 Å². The number of ether oxygens (including phenoxy) is 1. The number of thiophene rings is 1. The predicted octanol–water partition coefficient (Wildman–Crippen LogP) is 3.56. The minimum absolute atomic E-state index is 0.213. The monoisotopic (exact) mass is 208 g/mol. The number of benzene rings is 1. The minimum atomic E-state index is -0.213. The first-order valence-electron chi connectivity index (χ1n) is 4.19. The van der Waals surface area contributed by atoms with Crippen LogP contribution in [0.1, 0.15) is 0 Å². The Kier molecular flexibility index (Phi) is 2.50. The second-order valence-corrected chi connectivity index (χ2v) is 3.88. The van der Waals surface area contributed by atoms with E-state index in [0.717, 1.165) is 15.5 Å². The molecule has 72 valence electrons. The maximum absolute atomic E-state index is 12.9. The van der Waals surface area contributed by atoms with E-state index in [1.807, 2.05) is 18.2 Å². The molecule has 14 heavy (non-hydrogen) atoms. The molecule has 0 amide bonds. The largest absolute Gasteiger partial charge is 0.487 e. The van der Waals surface area contributed by atoms with Crippen molar-refractivity contribution in [2.45, 2.75) is 0 Å². The number of rotatable bonds is 2. The summed E-state index contributed by atoms with van der Waals surface area (Å²) >= 11 is 1.51. The van der Waals surface area contributed by atoms with Gasteiger partial charge in [-0.25, -0.2) is 4.39 Å². The van der Waals surface area contributed by atoms with Crippen LogP contribution in [0.4, 0.5) is 4.39 Å². The summed E-state index contributed by atoms with van der Waals surface area (Å²) in [5, 5.41) is 0.837. The van der Waals surface area contributed by atoms with Crippen LogP contribution in [0.25, 0.3) is 10.4 Å². The molecule has 0 aliphatic carbocycles. The third-order valence-electron chi connectivity index (χ3n) is 1.89. The lowest BCUT2D eigenvalue weighted by atomic mass is 10.2. The van der Waals surface area contributed by atoms with Crippen LogP contribution in [-0.4, -0.2) is 7.11 Å². The standard InChI is InChI=1S/C11H9FOS/c1-13-11-6-5-10(14-11)8-3-2-4-9(12)7-8/h2-7H,1H3. The van der Waals surface area contributed by atoms with Gasteiger partial charge < -0.3 is 4.74 Å². The first-order valence-corrected chi connectivity index (χ1v) is 5.01. The van der Waals surface area contributed by atoms with Crippen molar-refractivity contribution in [3.8, 4) is 15.5 Å². The Morgan fingerprint density at radius 3 is 2.71 bits per heavy atom. The lowest BCUT2D eigenvalue weighted by Crippen LogP contribution is -1.75. The molecule has 3 heteroatoms. The maximum Gasteiger partial charge on any atom is 0.173 e. The summed E-state index contributed by atoms with van der Waals surface area (Å²) in [6, 6.07) is 10.4. The molecule has 0 saturated heterocycles. The molecule has 1 aromatic carbocycles. The number of hydrogen-bond acceptors (Lipinski definition) is 2. The average Bonchev–Trinajstić information content (AvgIpc) is 2.66. The van der Waals surface area contributed by atoms with E-state index < -0.39 is 0 Å².